The van der Waals surface area contributed by atoms with Gasteiger partial charge in [-0.15, -0.1) is 0 Å². The van der Waals surface area contributed by atoms with Crippen molar-refractivity contribution in [2.24, 2.45) is 5.92 Å². The molecule has 0 aromatic rings. The molecule has 20 heavy (non-hydrogen) atoms. The van der Waals surface area contributed by atoms with Crippen molar-refractivity contribution in [3.05, 3.63) is 0 Å². The maximum atomic E-state index is 12.7. The van der Waals surface area contributed by atoms with Crippen LogP contribution in [-0.4, -0.2) is 46.4 Å². The Kier molecular flexibility index (Phi) is 4.55. The van der Waals surface area contributed by atoms with E-state index in [0.29, 0.717) is 4.90 Å². The van der Waals surface area contributed by atoms with Crippen molar-refractivity contribution in [3.63, 3.8) is 0 Å². The summed E-state index contributed by atoms with van der Waals surface area (Å²) < 4.78 is 43.1. The molecular formula is C12H18F3NO4. The van der Waals surface area contributed by atoms with E-state index < -0.39 is 42.3 Å². The van der Waals surface area contributed by atoms with E-state index in [9.17, 15) is 22.8 Å². The highest BCUT2D eigenvalue weighted by atomic mass is 19.4. The van der Waals surface area contributed by atoms with Crippen molar-refractivity contribution in [1.29, 1.82) is 0 Å². The number of ether oxygens (including phenoxy) is 1. The fourth-order valence-electron chi connectivity index (χ4n) is 2.02. The van der Waals surface area contributed by atoms with Gasteiger partial charge in [0.25, 0.3) is 0 Å². The van der Waals surface area contributed by atoms with E-state index in [1.54, 1.807) is 20.8 Å². The second kappa shape index (κ2) is 5.49. The van der Waals surface area contributed by atoms with Gasteiger partial charge in [0.2, 0.25) is 0 Å². The summed E-state index contributed by atoms with van der Waals surface area (Å²) in [6.07, 6.45) is -6.03. The SMILES string of the molecule is CC(C)(C)OC(=O)N1CC(C(F)(F)F)CCC1C(=O)O. The number of piperidine rings is 1. The number of carbonyl (C=O) groups excluding carboxylic acids is 1. The molecule has 1 N–H and O–H groups in total. The summed E-state index contributed by atoms with van der Waals surface area (Å²) in [4.78, 5) is 23.6. The highest BCUT2D eigenvalue weighted by Crippen LogP contribution is 2.35. The predicted octanol–water partition coefficient (Wildman–Crippen LogP) is 2.65. The molecule has 2 unspecified atom stereocenters. The minimum atomic E-state index is -4.45. The third-order valence-corrected chi connectivity index (χ3v) is 2.96. The quantitative estimate of drug-likeness (QED) is 0.808. The van der Waals surface area contributed by atoms with E-state index in [0.717, 1.165) is 0 Å². The Hall–Kier alpha value is -1.47. The molecule has 0 bridgehead atoms. The van der Waals surface area contributed by atoms with Crippen molar-refractivity contribution in [1.82, 2.24) is 4.90 Å². The first-order chi connectivity index (χ1) is 8.92. The molecule has 5 nitrogen and oxygen atoms in total. The van der Waals surface area contributed by atoms with Crippen LogP contribution in [-0.2, 0) is 9.53 Å². The average molecular weight is 297 g/mol. The molecule has 1 heterocycles. The number of amides is 1. The predicted molar refractivity (Wildman–Crippen MR) is 63.1 cm³/mol. The summed E-state index contributed by atoms with van der Waals surface area (Å²) in [7, 11) is 0. The van der Waals surface area contributed by atoms with Gasteiger partial charge in [0.1, 0.15) is 11.6 Å². The third-order valence-electron chi connectivity index (χ3n) is 2.96. The zero-order valence-corrected chi connectivity index (χ0v) is 11.5. The first-order valence-electron chi connectivity index (χ1n) is 6.21. The fraction of sp³-hybridized carbons (Fsp3) is 0.833. The number of halogens is 3. The normalized spacial score (nSPS) is 24.4. The van der Waals surface area contributed by atoms with Gasteiger partial charge in [-0.2, -0.15) is 13.2 Å². The standard InChI is InChI=1S/C12H18F3NO4/c1-11(2,3)20-10(19)16-6-7(12(13,14)15)4-5-8(16)9(17)18/h7-8H,4-6H2,1-3H3,(H,17,18). The molecule has 1 aliphatic rings. The number of hydrogen-bond acceptors (Lipinski definition) is 3. The van der Waals surface area contributed by atoms with Gasteiger partial charge in [-0.25, -0.2) is 9.59 Å². The molecule has 1 fully saturated rings. The minimum absolute atomic E-state index is 0.237. The Labute approximate surface area is 114 Å². The fourth-order valence-corrected chi connectivity index (χ4v) is 2.02. The molecular weight excluding hydrogens is 279 g/mol. The van der Waals surface area contributed by atoms with Crippen molar-refractivity contribution in [2.75, 3.05) is 6.54 Å². The number of carboxylic acid groups (broad SMARTS) is 1. The number of hydrogen-bond donors (Lipinski definition) is 1. The molecule has 0 aliphatic carbocycles. The molecule has 0 saturated carbocycles. The van der Waals surface area contributed by atoms with Crippen LogP contribution in [0.15, 0.2) is 0 Å². The molecule has 1 aliphatic heterocycles. The summed E-state index contributed by atoms with van der Waals surface area (Å²) in [6, 6.07) is -1.27. The Morgan fingerprint density at radius 1 is 1.20 bits per heavy atom. The summed E-state index contributed by atoms with van der Waals surface area (Å²) in [6.45, 7) is 4.00. The highest BCUT2D eigenvalue weighted by molar-refractivity contribution is 5.80. The van der Waals surface area contributed by atoms with E-state index in [1.165, 1.54) is 0 Å². The summed E-state index contributed by atoms with van der Waals surface area (Å²) in [5, 5.41) is 9.01. The zero-order valence-electron chi connectivity index (χ0n) is 11.5. The number of rotatable bonds is 1. The van der Waals surface area contributed by atoms with Gasteiger partial charge in [-0.1, -0.05) is 0 Å². The van der Waals surface area contributed by atoms with Crippen LogP contribution in [0, 0.1) is 5.92 Å². The van der Waals surface area contributed by atoms with Crippen LogP contribution in [0.5, 0.6) is 0 Å². The van der Waals surface area contributed by atoms with Crippen LogP contribution in [0.2, 0.25) is 0 Å². The van der Waals surface area contributed by atoms with Gasteiger partial charge < -0.3 is 9.84 Å². The van der Waals surface area contributed by atoms with Crippen molar-refractivity contribution in [3.8, 4) is 0 Å². The largest absolute Gasteiger partial charge is 0.480 e. The molecule has 1 rings (SSSR count). The monoisotopic (exact) mass is 297 g/mol. The van der Waals surface area contributed by atoms with Gasteiger partial charge in [-0.3, -0.25) is 4.90 Å². The second-order valence-electron chi connectivity index (χ2n) is 5.80. The number of likely N-dealkylation sites (tertiary alicyclic amines) is 1. The Balaban J connectivity index is 2.89. The summed E-state index contributed by atoms with van der Waals surface area (Å²) in [5.74, 6) is -3.04. The van der Waals surface area contributed by atoms with Crippen molar-refractivity contribution in [2.45, 2.75) is 51.4 Å². The second-order valence-corrected chi connectivity index (χ2v) is 5.80. The zero-order chi connectivity index (χ0) is 15.7. The van der Waals surface area contributed by atoms with Gasteiger partial charge >= 0.3 is 18.2 Å². The molecule has 2 atom stereocenters. The van der Waals surface area contributed by atoms with E-state index in [1.807, 2.05) is 0 Å². The number of carbonyl (C=O) groups is 2. The lowest BCUT2D eigenvalue weighted by atomic mass is 9.92. The number of carboxylic acids is 1. The smallest absolute Gasteiger partial charge is 0.411 e. The minimum Gasteiger partial charge on any atom is -0.480 e. The topological polar surface area (TPSA) is 66.8 Å². The average Bonchev–Trinajstić information content (AvgIpc) is 2.24. The molecule has 0 aromatic heterocycles. The van der Waals surface area contributed by atoms with Crippen LogP contribution in [0.3, 0.4) is 0 Å². The lowest BCUT2D eigenvalue weighted by Gasteiger charge is -2.38. The molecule has 116 valence electrons. The Bertz CT molecular complexity index is 389. The number of aliphatic carboxylic acids is 1. The molecule has 0 spiro atoms. The Morgan fingerprint density at radius 2 is 1.75 bits per heavy atom. The van der Waals surface area contributed by atoms with E-state index in [2.05, 4.69) is 0 Å². The molecule has 1 amide bonds. The third kappa shape index (κ3) is 4.28. The molecule has 0 radical (unpaired) electrons. The van der Waals surface area contributed by atoms with Gasteiger partial charge in [0.15, 0.2) is 0 Å². The van der Waals surface area contributed by atoms with E-state index >= 15 is 0 Å². The molecule has 0 aromatic carbocycles. The van der Waals surface area contributed by atoms with E-state index in [4.69, 9.17) is 9.84 Å². The van der Waals surface area contributed by atoms with Crippen LogP contribution in [0.4, 0.5) is 18.0 Å². The van der Waals surface area contributed by atoms with Crippen LogP contribution >= 0.6 is 0 Å². The number of alkyl halides is 3. The summed E-state index contributed by atoms with van der Waals surface area (Å²) in [5.41, 5.74) is -0.898. The van der Waals surface area contributed by atoms with Crippen molar-refractivity contribution < 1.29 is 32.6 Å². The first-order valence-corrected chi connectivity index (χ1v) is 6.21. The summed E-state index contributed by atoms with van der Waals surface area (Å²) >= 11 is 0. The van der Waals surface area contributed by atoms with Gasteiger partial charge in [0, 0.05) is 6.54 Å². The lowest BCUT2D eigenvalue weighted by molar-refractivity contribution is -0.191. The van der Waals surface area contributed by atoms with Gasteiger partial charge in [0.05, 0.1) is 5.92 Å². The van der Waals surface area contributed by atoms with E-state index in [-0.39, 0.29) is 12.8 Å². The lowest BCUT2D eigenvalue weighted by Crippen LogP contribution is -2.54. The molecule has 1 saturated heterocycles. The van der Waals surface area contributed by atoms with Crippen LogP contribution in [0.25, 0.3) is 0 Å². The van der Waals surface area contributed by atoms with Crippen LogP contribution in [0.1, 0.15) is 33.6 Å². The molecule has 8 heteroatoms. The maximum Gasteiger partial charge on any atom is 0.411 e. The number of nitrogens with zero attached hydrogens (tertiary/aromatic N) is 1. The first kappa shape index (κ1) is 16.6. The Morgan fingerprint density at radius 3 is 2.15 bits per heavy atom. The van der Waals surface area contributed by atoms with Crippen molar-refractivity contribution >= 4 is 12.1 Å². The maximum absolute atomic E-state index is 12.7. The van der Waals surface area contributed by atoms with Crippen LogP contribution < -0.4 is 0 Å². The van der Waals surface area contributed by atoms with Gasteiger partial charge in [-0.05, 0) is 33.6 Å². The highest BCUT2D eigenvalue weighted by Gasteiger charge is 2.47.